The molecule has 1 aromatic carbocycles. The molecule has 0 spiro atoms. The maximum atomic E-state index is 10.9. The summed E-state index contributed by atoms with van der Waals surface area (Å²) in [6.07, 6.45) is 4.35. The summed E-state index contributed by atoms with van der Waals surface area (Å²) in [7, 11) is 0. The number of nitrogens with zero attached hydrogens (tertiary/aromatic N) is 2. The third kappa shape index (κ3) is 1.99. The lowest BCUT2D eigenvalue weighted by Gasteiger charge is -2.05. The minimum Gasteiger partial charge on any atom is -0.298 e. The van der Waals surface area contributed by atoms with Crippen LogP contribution in [0.1, 0.15) is 15.9 Å². The summed E-state index contributed by atoms with van der Waals surface area (Å²) in [5.74, 6) is 0. The molecule has 0 aliphatic rings. The zero-order chi connectivity index (χ0) is 10.8. The molecule has 0 N–H and O–H groups in total. The van der Waals surface area contributed by atoms with Crippen LogP contribution in [-0.2, 0) is 0 Å². The van der Waals surface area contributed by atoms with Crippen molar-refractivity contribution in [1.29, 1.82) is 0 Å². The van der Waals surface area contributed by atoms with E-state index in [4.69, 9.17) is 0 Å². The molecular weight excluding hydrogens is 256 g/mol. The van der Waals surface area contributed by atoms with E-state index in [1.807, 2.05) is 25.3 Å². The SMILES string of the molecule is Cc1ccc(C=O)c(-n2cc(Br)cn2)c1. The lowest BCUT2D eigenvalue weighted by atomic mass is 10.1. The fourth-order valence-electron chi connectivity index (χ4n) is 1.38. The zero-order valence-corrected chi connectivity index (χ0v) is 9.73. The van der Waals surface area contributed by atoms with Crippen LogP contribution < -0.4 is 0 Å². The molecule has 0 fully saturated rings. The average Bonchev–Trinajstić information content (AvgIpc) is 2.65. The Hall–Kier alpha value is -1.42. The molecule has 0 atom stereocenters. The van der Waals surface area contributed by atoms with Gasteiger partial charge in [-0.1, -0.05) is 6.07 Å². The second kappa shape index (κ2) is 3.98. The number of rotatable bonds is 2. The van der Waals surface area contributed by atoms with Crippen molar-refractivity contribution in [3.8, 4) is 5.69 Å². The molecule has 1 heterocycles. The monoisotopic (exact) mass is 264 g/mol. The van der Waals surface area contributed by atoms with E-state index in [0.717, 1.165) is 22.0 Å². The van der Waals surface area contributed by atoms with Crippen molar-refractivity contribution in [1.82, 2.24) is 9.78 Å². The van der Waals surface area contributed by atoms with E-state index < -0.39 is 0 Å². The van der Waals surface area contributed by atoms with E-state index in [9.17, 15) is 4.79 Å². The maximum Gasteiger partial charge on any atom is 0.152 e. The number of aryl methyl sites for hydroxylation is 1. The molecule has 0 unspecified atom stereocenters. The van der Waals surface area contributed by atoms with Gasteiger partial charge in [-0.15, -0.1) is 0 Å². The Morgan fingerprint density at radius 3 is 2.87 bits per heavy atom. The van der Waals surface area contributed by atoms with Crippen molar-refractivity contribution >= 4 is 22.2 Å². The van der Waals surface area contributed by atoms with Crippen molar-refractivity contribution in [2.75, 3.05) is 0 Å². The van der Waals surface area contributed by atoms with Crippen molar-refractivity contribution in [2.45, 2.75) is 6.92 Å². The standard InChI is InChI=1S/C11H9BrN2O/c1-8-2-3-9(7-15)11(4-8)14-6-10(12)5-13-14/h2-7H,1H3. The number of carbonyl (C=O) groups is 1. The molecule has 76 valence electrons. The average molecular weight is 265 g/mol. The summed E-state index contributed by atoms with van der Waals surface area (Å²) in [5, 5.41) is 4.15. The van der Waals surface area contributed by atoms with Gasteiger partial charge in [0.25, 0.3) is 0 Å². The molecule has 0 aliphatic heterocycles. The summed E-state index contributed by atoms with van der Waals surface area (Å²) >= 11 is 3.32. The van der Waals surface area contributed by atoms with E-state index in [-0.39, 0.29) is 0 Å². The Balaban J connectivity index is 2.59. The predicted molar refractivity (Wildman–Crippen MR) is 61.4 cm³/mol. The third-order valence-electron chi connectivity index (χ3n) is 2.11. The number of hydrogen-bond donors (Lipinski definition) is 0. The van der Waals surface area contributed by atoms with Crippen LogP contribution in [0, 0.1) is 6.92 Å². The van der Waals surface area contributed by atoms with Crippen LogP contribution in [0.5, 0.6) is 0 Å². The van der Waals surface area contributed by atoms with Crippen LogP contribution in [0.2, 0.25) is 0 Å². The van der Waals surface area contributed by atoms with Gasteiger partial charge in [-0.2, -0.15) is 5.10 Å². The minimum atomic E-state index is 0.635. The largest absolute Gasteiger partial charge is 0.298 e. The van der Waals surface area contributed by atoms with E-state index in [1.165, 1.54) is 0 Å². The second-order valence-electron chi connectivity index (χ2n) is 3.28. The summed E-state index contributed by atoms with van der Waals surface area (Å²) in [6.45, 7) is 1.98. The molecule has 2 aromatic rings. The molecule has 3 nitrogen and oxygen atoms in total. The maximum absolute atomic E-state index is 10.9. The molecule has 0 radical (unpaired) electrons. The quantitative estimate of drug-likeness (QED) is 0.782. The van der Waals surface area contributed by atoms with Gasteiger partial charge in [-0.05, 0) is 40.5 Å². The van der Waals surface area contributed by atoms with Crippen molar-refractivity contribution in [3.05, 3.63) is 46.2 Å². The third-order valence-corrected chi connectivity index (χ3v) is 2.52. The molecular formula is C11H9BrN2O. The van der Waals surface area contributed by atoms with Gasteiger partial charge < -0.3 is 0 Å². The molecule has 0 saturated carbocycles. The van der Waals surface area contributed by atoms with Crippen molar-refractivity contribution in [3.63, 3.8) is 0 Å². The van der Waals surface area contributed by atoms with Gasteiger partial charge >= 0.3 is 0 Å². The lowest BCUT2D eigenvalue weighted by molar-refractivity contribution is 0.112. The molecule has 0 bridgehead atoms. The topological polar surface area (TPSA) is 34.9 Å². The summed E-state index contributed by atoms with van der Waals surface area (Å²) in [4.78, 5) is 10.9. The summed E-state index contributed by atoms with van der Waals surface area (Å²) in [5.41, 5.74) is 2.54. The summed E-state index contributed by atoms with van der Waals surface area (Å²) < 4.78 is 2.57. The van der Waals surface area contributed by atoms with Crippen LogP contribution in [0.15, 0.2) is 35.1 Å². The van der Waals surface area contributed by atoms with Crippen molar-refractivity contribution in [2.24, 2.45) is 0 Å². The van der Waals surface area contributed by atoms with Gasteiger partial charge in [0.05, 0.1) is 16.4 Å². The number of halogens is 1. The Morgan fingerprint density at radius 1 is 1.47 bits per heavy atom. The van der Waals surface area contributed by atoms with E-state index in [0.29, 0.717) is 5.56 Å². The van der Waals surface area contributed by atoms with Crippen LogP contribution in [-0.4, -0.2) is 16.1 Å². The van der Waals surface area contributed by atoms with Crippen LogP contribution in [0.25, 0.3) is 5.69 Å². The van der Waals surface area contributed by atoms with Gasteiger partial charge in [-0.3, -0.25) is 4.79 Å². The smallest absolute Gasteiger partial charge is 0.152 e. The highest BCUT2D eigenvalue weighted by atomic mass is 79.9. The Morgan fingerprint density at radius 2 is 2.27 bits per heavy atom. The van der Waals surface area contributed by atoms with Crippen molar-refractivity contribution < 1.29 is 4.79 Å². The van der Waals surface area contributed by atoms with Crippen LogP contribution in [0.3, 0.4) is 0 Å². The number of aromatic nitrogens is 2. The number of aldehydes is 1. The minimum absolute atomic E-state index is 0.635. The molecule has 0 amide bonds. The highest BCUT2D eigenvalue weighted by Crippen LogP contribution is 2.17. The summed E-state index contributed by atoms with van der Waals surface area (Å²) in [6, 6.07) is 5.64. The van der Waals surface area contributed by atoms with Crippen LogP contribution in [0.4, 0.5) is 0 Å². The Bertz CT molecular complexity index is 505. The first-order valence-electron chi connectivity index (χ1n) is 4.47. The molecule has 1 aromatic heterocycles. The number of hydrogen-bond acceptors (Lipinski definition) is 2. The highest BCUT2D eigenvalue weighted by molar-refractivity contribution is 9.10. The first-order valence-corrected chi connectivity index (χ1v) is 5.26. The lowest BCUT2D eigenvalue weighted by Crippen LogP contribution is -1.99. The normalized spacial score (nSPS) is 10.3. The molecule has 0 aliphatic carbocycles. The fraction of sp³-hybridized carbons (Fsp3) is 0.0909. The van der Waals surface area contributed by atoms with Crippen LogP contribution >= 0.6 is 15.9 Å². The second-order valence-corrected chi connectivity index (χ2v) is 4.20. The Kier molecular flexibility index (Phi) is 2.68. The Labute approximate surface area is 95.9 Å². The first kappa shape index (κ1) is 10.1. The number of carbonyl (C=O) groups excluding carboxylic acids is 1. The highest BCUT2D eigenvalue weighted by Gasteiger charge is 2.05. The number of benzene rings is 1. The fourth-order valence-corrected chi connectivity index (χ4v) is 1.67. The molecule has 0 saturated heterocycles. The zero-order valence-electron chi connectivity index (χ0n) is 8.14. The molecule has 4 heteroatoms. The molecule has 2 rings (SSSR count). The molecule has 15 heavy (non-hydrogen) atoms. The van der Waals surface area contributed by atoms with Gasteiger partial charge in [0, 0.05) is 11.8 Å². The van der Waals surface area contributed by atoms with Gasteiger partial charge in [-0.25, -0.2) is 4.68 Å². The van der Waals surface area contributed by atoms with E-state index >= 15 is 0 Å². The van der Waals surface area contributed by atoms with Gasteiger partial charge in [0.2, 0.25) is 0 Å². The predicted octanol–water partition coefficient (Wildman–Crippen LogP) is 2.76. The van der Waals surface area contributed by atoms with E-state index in [1.54, 1.807) is 16.9 Å². The van der Waals surface area contributed by atoms with Gasteiger partial charge in [0.15, 0.2) is 6.29 Å². The van der Waals surface area contributed by atoms with Gasteiger partial charge in [0.1, 0.15) is 0 Å². The first-order chi connectivity index (χ1) is 7.20. The van der Waals surface area contributed by atoms with E-state index in [2.05, 4.69) is 21.0 Å².